The Morgan fingerprint density at radius 3 is 2.52 bits per heavy atom. The number of amides is 1. The lowest BCUT2D eigenvalue weighted by Gasteiger charge is -2.32. The first-order chi connectivity index (χ1) is 10.9. The third kappa shape index (κ3) is 2.56. The van der Waals surface area contributed by atoms with Gasteiger partial charge in [-0.25, -0.2) is 0 Å². The van der Waals surface area contributed by atoms with Crippen LogP contribution in [0.15, 0.2) is 18.2 Å². The normalized spacial score (nSPS) is 22.0. The minimum Gasteiger partial charge on any atom is -0.481 e. The number of nitro groups is 1. The Balaban J connectivity index is 1.75. The van der Waals surface area contributed by atoms with Crippen molar-refractivity contribution in [1.82, 2.24) is 4.90 Å². The fourth-order valence-electron chi connectivity index (χ4n) is 3.65. The number of hydrogen-bond acceptors (Lipinski definition) is 4. The van der Waals surface area contributed by atoms with Gasteiger partial charge in [0.2, 0.25) is 0 Å². The fraction of sp³-hybridized carbons (Fsp3) is 0.500. The van der Waals surface area contributed by atoms with E-state index in [0.717, 1.165) is 0 Å². The predicted octanol–water partition coefficient (Wildman–Crippen LogP) is 2.23. The number of carbonyl (C=O) groups excluding carboxylic acids is 1. The summed E-state index contributed by atoms with van der Waals surface area (Å²) in [7, 11) is 0. The summed E-state index contributed by atoms with van der Waals surface area (Å²) in [6.07, 6.45) is 1.97. The average Bonchev–Trinajstić information content (AvgIpc) is 3.21. The van der Waals surface area contributed by atoms with Crippen LogP contribution < -0.4 is 0 Å². The molecule has 1 aromatic rings. The molecule has 2 fully saturated rings. The van der Waals surface area contributed by atoms with Gasteiger partial charge in [-0.15, -0.1) is 0 Å². The molecule has 1 amide bonds. The molecule has 1 saturated carbocycles. The summed E-state index contributed by atoms with van der Waals surface area (Å²) in [5.74, 6) is -1.41. The summed E-state index contributed by atoms with van der Waals surface area (Å²) in [4.78, 5) is 36.0. The lowest BCUT2D eigenvalue weighted by atomic mass is 9.90. The van der Waals surface area contributed by atoms with Crippen LogP contribution in [0.5, 0.6) is 0 Å². The highest BCUT2D eigenvalue weighted by atomic mass is 16.6. The van der Waals surface area contributed by atoms with Gasteiger partial charge in [0, 0.05) is 18.7 Å². The highest BCUT2D eigenvalue weighted by molar-refractivity contribution is 5.98. The largest absolute Gasteiger partial charge is 0.481 e. The smallest absolute Gasteiger partial charge is 0.307 e. The van der Waals surface area contributed by atoms with E-state index in [4.69, 9.17) is 5.11 Å². The third-order valence-electron chi connectivity index (χ3n) is 5.18. The first-order valence-corrected chi connectivity index (χ1v) is 7.62. The van der Waals surface area contributed by atoms with Gasteiger partial charge in [-0.3, -0.25) is 19.7 Å². The molecule has 1 saturated heterocycles. The van der Waals surface area contributed by atoms with Crippen molar-refractivity contribution in [3.63, 3.8) is 0 Å². The maximum absolute atomic E-state index is 12.6. The molecule has 1 aliphatic carbocycles. The van der Waals surface area contributed by atoms with E-state index in [1.54, 1.807) is 24.0 Å². The van der Waals surface area contributed by atoms with Gasteiger partial charge in [-0.05, 0) is 37.7 Å². The Kier molecular flexibility index (Phi) is 3.58. The third-order valence-corrected chi connectivity index (χ3v) is 5.18. The maximum atomic E-state index is 12.6. The van der Waals surface area contributed by atoms with Crippen molar-refractivity contribution in [2.75, 3.05) is 13.1 Å². The van der Waals surface area contributed by atoms with Gasteiger partial charge in [0.15, 0.2) is 0 Å². The van der Waals surface area contributed by atoms with Crippen molar-refractivity contribution >= 4 is 17.6 Å². The van der Waals surface area contributed by atoms with Crippen molar-refractivity contribution in [2.24, 2.45) is 11.3 Å². The Morgan fingerprint density at radius 2 is 2.00 bits per heavy atom. The molecule has 1 aromatic carbocycles. The topological polar surface area (TPSA) is 101 Å². The molecule has 7 heteroatoms. The van der Waals surface area contributed by atoms with Crippen LogP contribution in [0.1, 0.15) is 35.2 Å². The number of nitrogens with zero attached hydrogens (tertiary/aromatic N) is 2. The molecule has 1 N–H and O–H groups in total. The number of benzene rings is 1. The number of hydrogen-bond donors (Lipinski definition) is 1. The van der Waals surface area contributed by atoms with Crippen LogP contribution in [-0.2, 0) is 4.79 Å². The number of para-hydroxylation sites is 1. The Labute approximate surface area is 133 Å². The molecule has 23 heavy (non-hydrogen) atoms. The number of aliphatic carboxylic acids is 1. The summed E-state index contributed by atoms with van der Waals surface area (Å²) in [5.41, 5.74) is 0.257. The second kappa shape index (κ2) is 5.33. The zero-order chi connectivity index (χ0) is 16.8. The number of likely N-dealkylation sites (tertiary alicyclic amines) is 1. The number of carbonyl (C=O) groups is 2. The van der Waals surface area contributed by atoms with Crippen molar-refractivity contribution in [1.29, 1.82) is 0 Å². The molecule has 1 spiro atoms. The molecule has 0 bridgehead atoms. The molecule has 1 aliphatic heterocycles. The minimum absolute atomic E-state index is 0.108. The van der Waals surface area contributed by atoms with E-state index < -0.39 is 10.9 Å². The molecular formula is C16H18N2O5. The number of carboxylic acids is 1. The monoisotopic (exact) mass is 318 g/mol. The van der Waals surface area contributed by atoms with E-state index in [1.165, 1.54) is 6.07 Å². The van der Waals surface area contributed by atoms with Gasteiger partial charge in [0.1, 0.15) is 5.56 Å². The molecule has 1 atom stereocenters. The highest BCUT2D eigenvalue weighted by Gasteiger charge is 2.59. The lowest BCUT2D eigenvalue weighted by Crippen LogP contribution is -2.40. The van der Waals surface area contributed by atoms with E-state index in [2.05, 4.69) is 0 Å². The van der Waals surface area contributed by atoms with Gasteiger partial charge >= 0.3 is 5.97 Å². The Hall–Kier alpha value is -2.44. The average molecular weight is 318 g/mol. The highest BCUT2D eigenvalue weighted by Crippen LogP contribution is 2.59. The number of aryl methyl sites for hydroxylation is 1. The molecule has 0 radical (unpaired) electrons. The van der Waals surface area contributed by atoms with Crippen LogP contribution >= 0.6 is 0 Å². The first kappa shape index (κ1) is 15.5. The zero-order valence-electron chi connectivity index (χ0n) is 12.8. The zero-order valence-corrected chi connectivity index (χ0v) is 12.8. The number of piperidine rings is 1. The van der Waals surface area contributed by atoms with E-state index in [9.17, 15) is 19.7 Å². The molecule has 0 aromatic heterocycles. The fourth-order valence-corrected chi connectivity index (χ4v) is 3.65. The summed E-state index contributed by atoms with van der Waals surface area (Å²) < 4.78 is 0. The van der Waals surface area contributed by atoms with E-state index in [-0.39, 0.29) is 28.5 Å². The SMILES string of the molecule is Cc1cccc(C(=O)N2CCC3(CC2)CC3C(=O)O)c1[N+](=O)[O-]. The molecule has 3 rings (SSSR count). The summed E-state index contributed by atoms with van der Waals surface area (Å²) >= 11 is 0. The number of rotatable bonds is 3. The molecule has 1 heterocycles. The summed E-state index contributed by atoms with van der Waals surface area (Å²) in [6.45, 7) is 2.52. The molecule has 2 aliphatic rings. The second-order valence-electron chi connectivity index (χ2n) is 6.48. The second-order valence-corrected chi connectivity index (χ2v) is 6.48. The van der Waals surface area contributed by atoms with Gasteiger partial charge < -0.3 is 10.0 Å². The van der Waals surface area contributed by atoms with Crippen LogP contribution in [0.3, 0.4) is 0 Å². The molecule has 7 nitrogen and oxygen atoms in total. The Morgan fingerprint density at radius 1 is 1.35 bits per heavy atom. The van der Waals surface area contributed by atoms with Crippen molar-refractivity contribution < 1.29 is 19.6 Å². The molecule has 122 valence electrons. The van der Waals surface area contributed by atoms with Gasteiger partial charge in [0.25, 0.3) is 11.6 Å². The molecule has 1 unspecified atom stereocenters. The maximum Gasteiger partial charge on any atom is 0.307 e. The van der Waals surface area contributed by atoms with Gasteiger partial charge in [-0.1, -0.05) is 12.1 Å². The van der Waals surface area contributed by atoms with E-state index in [0.29, 0.717) is 37.9 Å². The van der Waals surface area contributed by atoms with Crippen LogP contribution in [0.25, 0.3) is 0 Å². The standard InChI is InChI=1S/C16H18N2O5/c1-10-3-2-4-11(13(10)18(22)23)14(19)17-7-5-16(6-8-17)9-12(16)15(20)21/h2-4,12H,5-9H2,1H3,(H,20,21). The minimum atomic E-state index is -0.765. The van der Waals surface area contributed by atoms with Crippen LogP contribution in [0.2, 0.25) is 0 Å². The Bertz CT molecular complexity index is 692. The lowest BCUT2D eigenvalue weighted by molar-refractivity contribution is -0.385. The van der Waals surface area contributed by atoms with Crippen LogP contribution in [-0.4, -0.2) is 39.9 Å². The summed E-state index contributed by atoms with van der Waals surface area (Å²) in [6, 6.07) is 4.74. The van der Waals surface area contributed by atoms with Gasteiger partial charge in [-0.2, -0.15) is 0 Å². The van der Waals surface area contributed by atoms with Crippen molar-refractivity contribution in [2.45, 2.75) is 26.2 Å². The predicted molar refractivity (Wildman–Crippen MR) is 81.1 cm³/mol. The van der Waals surface area contributed by atoms with Crippen molar-refractivity contribution in [3.05, 3.63) is 39.4 Å². The summed E-state index contributed by atoms with van der Waals surface area (Å²) in [5, 5.41) is 20.3. The number of nitro benzene ring substituents is 1. The van der Waals surface area contributed by atoms with Gasteiger partial charge in [0.05, 0.1) is 10.8 Å². The van der Waals surface area contributed by atoms with E-state index >= 15 is 0 Å². The van der Waals surface area contributed by atoms with Crippen LogP contribution in [0, 0.1) is 28.4 Å². The molecular weight excluding hydrogens is 300 g/mol. The first-order valence-electron chi connectivity index (χ1n) is 7.62. The van der Waals surface area contributed by atoms with E-state index in [1.807, 2.05) is 0 Å². The number of carboxylic acid groups (broad SMARTS) is 1. The quantitative estimate of drug-likeness (QED) is 0.680. The van der Waals surface area contributed by atoms with Crippen LogP contribution in [0.4, 0.5) is 5.69 Å². The van der Waals surface area contributed by atoms with Crippen molar-refractivity contribution in [3.8, 4) is 0 Å².